The second-order valence-corrected chi connectivity index (χ2v) is 6.48. The molecular weight excluding hydrogens is 303 g/mol. The van der Waals surface area contributed by atoms with E-state index in [0.717, 1.165) is 6.04 Å². The van der Waals surface area contributed by atoms with Crippen LogP contribution in [-0.2, 0) is 0 Å². The van der Waals surface area contributed by atoms with Crippen molar-refractivity contribution in [1.82, 2.24) is 10.2 Å². The summed E-state index contributed by atoms with van der Waals surface area (Å²) in [5.41, 5.74) is 0. The number of nitrogens with zero attached hydrogens (tertiary/aromatic N) is 1. The first-order valence-electron chi connectivity index (χ1n) is 8.71. The van der Waals surface area contributed by atoms with Gasteiger partial charge in [-0.25, -0.2) is 0 Å². The normalized spacial score (nSPS) is 22.4. The fourth-order valence-corrected chi connectivity index (χ4v) is 3.03. The Morgan fingerprint density at radius 3 is 1.95 bits per heavy atom. The van der Waals surface area contributed by atoms with Crippen molar-refractivity contribution in [2.75, 3.05) is 19.6 Å². The van der Waals surface area contributed by atoms with Crippen LogP contribution in [0.1, 0.15) is 78.6 Å². The number of unbranched alkanes of at least 4 members (excludes halogenated alkanes) is 8. The quantitative estimate of drug-likeness (QED) is 0.560. The SMILES string of the molecule is CCCCCCCCCCCN1CC(C)NCC1C.Cl.Cl. The highest BCUT2D eigenvalue weighted by molar-refractivity contribution is 5.85. The minimum Gasteiger partial charge on any atom is -0.311 e. The van der Waals surface area contributed by atoms with E-state index >= 15 is 0 Å². The van der Waals surface area contributed by atoms with Gasteiger partial charge in [0, 0.05) is 25.2 Å². The standard InChI is InChI=1S/C17H36N2.2ClH/c1-4-5-6-7-8-9-10-11-12-13-19-15-16(2)18-14-17(19)3;;/h16-18H,4-15H2,1-3H3;2*1H. The van der Waals surface area contributed by atoms with E-state index in [2.05, 4.69) is 31.0 Å². The zero-order chi connectivity index (χ0) is 13.9. The van der Waals surface area contributed by atoms with Gasteiger partial charge in [-0.1, -0.05) is 58.3 Å². The first kappa shape index (κ1) is 23.8. The Bertz CT molecular complexity index is 215. The first-order valence-corrected chi connectivity index (χ1v) is 8.71. The minimum atomic E-state index is 0. The van der Waals surface area contributed by atoms with E-state index in [1.54, 1.807) is 0 Å². The maximum absolute atomic E-state index is 3.56. The molecule has 0 amide bonds. The van der Waals surface area contributed by atoms with Crippen LogP contribution in [0.25, 0.3) is 0 Å². The summed E-state index contributed by atoms with van der Waals surface area (Å²) >= 11 is 0. The number of halogens is 2. The van der Waals surface area contributed by atoms with Gasteiger partial charge in [-0.15, -0.1) is 24.8 Å². The van der Waals surface area contributed by atoms with E-state index in [1.807, 2.05) is 0 Å². The van der Waals surface area contributed by atoms with Crippen molar-refractivity contribution in [1.29, 1.82) is 0 Å². The fraction of sp³-hybridized carbons (Fsp3) is 1.00. The maximum atomic E-state index is 3.56. The lowest BCUT2D eigenvalue weighted by atomic mass is 10.1. The Labute approximate surface area is 145 Å². The molecule has 0 saturated carbocycles. The monoisotopic (exact) mass is 340 g/mol. The van der Waals surface area contributed by atoms with Crippen LogP contribution >= 0.6 is 24.8 Å². The van der Waals surface area contributed by atoms with Crippen LogP contribution in [0.5, 0.6) is 0 Å². The number of piperazine rings is 1. The Kier molecular flexibility index (Phi) is 17.4. The highest BCUT2D eigenvalue weighted by atomic mass is 35.5. The Morgan fingerprint density at radius 2 is 1.38 bits per heavy atom. The minimum absolute atomic E-state index is 0. The molecule has 0 aromatic rings. The van der Waals surface area contributed by atoms with Crippen molar-refractivity contribution >= 4 is 24.8 Å². The number of hydrogen-bond donors (Lipinski definition) is 1. The Balaban J connectivity index is 0. The van der Waals surface area contributed by atoms with Crippen molar-refractivity contribution in [3.8, 4) is 0 Å². The molecule has 2 atom stereocenters. The Morgan fingerprint density at radius 1 is 0.857 bits per heavy atom. The molecule has 1 heterocycles. The summed E-state index contributed by atoms with van der Waals surface area (Å²) in [7, 11) is 0. The van der Waals surface area contributed by atoms with Crippen molar-refractivity contribution in [3.05, 3.63) is 0 Å². The van der Waals surface area contributed by atoms with Gasteiger partial charge in [-0.3, -0.25) is 4.90 Å². The lowest BCUT2D eigenvalue weighted by Gasteiger charge is -2.37. The molecule has 21 heavy (non-hydrogen) atoms. The lowest BCUT2D eigenvalue weighted by molar-refractivity contribution is 0.144. The average Bonchev–Trinajstić information content (AvgIpc) is 2.40. The summed E-state index contributed by atoms with van der Waals surface area (Å²) in [6.45, 7) is 10.7. The molecule has 0 spiro atoms. The summed E-state index contributed by atoms with van der Waals surface area (Å²) in [6, 6.07) is 1.40. The average molecular weight is 341 g/mol. The van der Waals surface area contributed by atoms with E-state index in [0.29, 0.717) is 6.04 Å². The van der Waals surface area contributed by atoms with E-state index < -0.39 is 0 Å². The summed E-state index contributed by atoms with van der Waals surface area (Å²) in [5, 5.41) is 3.56. The van der Waals surface area contributed by atoms with Crippen LogP contribution in [0.3, 0.4) is 0 Å². The van der Waals surface area contributed by atoms with E-state index in [-0.39, 0.29) is 24.8 Å². The van der Waals surface area contributed by atoms with Gasteiger partial charge in [0.05, 0.1) is 0 Å². The molecule has 1 N–H and O–H groups in total. The molecule has 0 aromatic heterocycles. The molecule has 0 aliphatic carbocycles. The Hall–Kier alpha value is 0.500. The third kappa shape index (κ3) is 11.7. The zero-order valence-corrected chi connectivity index (χ0v) is 16.0. The number of nitrogens with one attached hydrogen (secondary N) is 1. The summed E-state index contributed by atoms with van der Waals surface area (Å²) in [4.78, 5) is 2.67. The topological polar surface area (TPSA) is 15.3 Å². The summed E-state index contributed by atoms with van der Waals surface area (Å²) in [5.74, 6) is 0. The van der Waals surface area contributed by atoms with Crippen LogP contribution in [0.15, 0.2) is 0 Å². The second kappa shape index (κ2) is 15.4. The molecule has 2 unspecified atom stereocenters. The van der Waals surface area contributed by atoms with Gasteiger partial charge >= 0.3 is 0 Å². The van der Waals surface area contributed by atoms with Gasteiger partial charge in [0.25, 0.3) is 0 Å². The molecule has 4 heteroatoms. The molecule has 1 aliphatic heterocycles. The third-order valence-corrected chi connectivity index (χ3v) is 4.44. The molecule has 1 aliphatic rings. The van der Waals surface area contributed by atoms with Crippen molar-refractivity contribution < 1.29 is 0 Å². The molecule has 1 fully saturated rings. The molecule has 0 radical (unpaired) electrons. The first-order chi connectivity index (χ1) is 9.24. The molecule has 0 aromatic carbocycles. The van der Waals surface area contributed by atoms with Crippen LogP contribution in [0.4, 0.5) is 0 Å². The van der Waals surface area contributed by atoms with Gasteiger partial charge in [0.2, 0.25) is 0 Å². The molecule has 130 valence electrons. The largest absolute Gasteiger partial charge is 0.311 e. The van der Waals surface area contributed by atoms with Crippen LogP contribution in [0, 0.1) is 0 Å². The van der Waals surface area contributed by atoms with Crippen LogP contribution < -0.4 is 5.32 Å². The number of rotatable bonds is 10. The van der Waals surface area contributed by atoms with Crippen LogP contribution in [-0.4, -0.2) is 36.6 Å². The summed E-state index contributed by atoms with van der Waals surface area (Å²) < 4.78 is 0. The molecule has 1 rings (SSSR count). The van der Waals surface area contributed by atoms with E-state index in [4.69, 9.17) is 0 Å². The highest BCUT2D eigenvalue weighted by Gasteiger charge is 2.21. The molecule has 2 nitrogen and oxygen atoms in total. The number of hydrogen-bond acceptors (Lipinski definition) is 2. The summed E-state index contributed by atoms with van der Waals surface area (Å²) in [6.07, 6.45) is 12.9. The van der Waals surface area contributed by atoms with Gasteiger partial charge in [0.1, 0.15) is 0 Å². The zero-order valence-electron chi connectivity index (χ0n) is 14.4. The van der Waals surface area contributed by atoms with Gasteiger partial charge < -0.3 is 5.32 Å². The van der Waals surface area contributed by atoms with Crippen LogP contribution in [0.2, 0.25) is 0 Å². The van der Waals surface area contributed by atoms with Gasteiger partial charge in [0.15, 0.2) is 0 Å². The predicted molar refractivity (Wildman–Crippen MR) is 100 cm³/mol. The van der Waals surface area contributed by atoms with Crippen molar-refractivity contribution in [2.24, 2.45) is 0 Å². The second-order valence-electron chi connectivity index (χ2n) is 6.48. The van der Waals surface area contributed by atoms with Gasteiger partial charge in [-0.2, -0.15) is 0 Å². The predicted octanol–water partition coefficient (Wildman–Crippen LogP) is 5.04. The van der Waals surface area contributed by atoms with E-state index in [9.17, 15) is 0 Å². The van der Waals surface area contributed by atoms with Crippen molar-refractivity contribution in [3.63, 3.8) is 0 Å². The van der Waals surface area contributed by atoms with Crippen molar-refractivity contribution in [2.45, 2.75) is 90.6 Å². The molecule has 0 bridgehead atoms. The maximum Gasteiger partial charge on any atom is 0.0193 e. The third-order valence-electron chi connectivity index (χ3n) is 4.44. The van der Waals surface area contributed by atoms with E-state index in [1.165, 1.54) is 77.4 Å². The highest BCUT2D eigenvalue weighted by Crippen LogP contribution is 2.12. The molecular formula is C17H38Cl2N2. The molecule has 1 saturated heterocycles. The smallest absolute Gasteiger partial charge is 0.0193 e. The lowest BCUT2D eigenvalue weighted by Crippen LogP contribution is -2.54. The van der Waals surface area contributed by atoms with Gasteiger partial charge in [-0.05, 0) is 26.8 Å². The fourth-order valence-electron chi connectivity index (χ4n) is 3.03.